The van der Waals surface area contributed by atoms with Crippen molar-refractivity contribution in [2.45, 2.75) is 44.9 Å². The number of pyridine rings is 1. The van der Waals surface area contributed by atoms with Gasteiger partial charge in [0.25, 0.3) is 0 Å². The molecule has 2 aromatic heterocycles. The third kappa shape index (κ3) is 6.12. The molecule has 7 heteroatoms. The molecule has 0 spiro atoms. The van der Waals surface area contributed by atoms with Crippen LogP contribution in [0.2, 0.25) is 0 Å². The molecule has 0 bridgehead atoms. The summed E-state index contributed by atoms with van der Waals surface area (Å²) in [6.45, 7) is 1.48. The molecule has 1 aliphatic carbocycles. The third-order valence-corrected chi connectivity index (χ3v) is 4.86. The molecule has 0 amide bonds. The van der Waals surface area contributed by atoms with E-state index in [4.69, 9.17) is 4.74 Å². The first-order chi connectivity index (χ1) is 12.7. The van der Waals surface area contributed by atoms with Gasteiger partial charge in [0, 0.05) is 51.8 Å². The number of ether oxygens (including phenoxy) is 1. The van der Waals surface area contributed by atoms with Crippen LogP contribution < -0.4 is 10.1 Å². The molecule has 3 rings (SSSR count). The minimum absolute atomic E-state index is 0. The summed E-state index contributed by atoms with van der Waals surface area (Å²) in [5, 5.41) is 3.40. The quantitative estimate of drug-likeness (QED) is 0.388. The Bertz CT molecular complexity index is 722. The topological polar surface area (TPSA) is 54.7 Å². The molecule has 1 fully saturated rings. The number of guanidine groups is 1. The average Bonchev–Trinajstić information content (AvgIpc) is 3.29. The Hall–Kier alpha value is -1.77. The van der Waals surface area contributed by atoms with Crippen molar-refractivity contribution in [2.75, 3.05) is 14.1 Å². The van der Waals surface area contributed by atoms with Crippen LogP contribution in [0.25, 0.3) is 0 Å². The second kappa shape index (κ2) is 10.5. The molecule has 2 aromatic rings. The summed E-state index contributed by atoms with van der Waals surface area (Å²) >= 11 is 0. The third-order valence-electron chi connectivity index (χ3n) is 4.86. The SMILES string of the molecule is CN=C(NCc1ccc(OC2CCCC2)nc1)N(C)Cc1cccn1C.I. The van der Waals surface area contributed by atoms with Gasteiger partial charge < -0.3 is 19.5 Å². The predicted octanol–water partition coefficient (Wildman–Crippen LogP) is 3.57. The lowest BCUT2D eigenvalue weighted by Crippen LogP contribution is -2.38. The molecule has 1 N–H and O–H groups in total. The number of hydrogen-bond acceptors (Lipinski definition) is 3. The smallest absolute Gasteiger partial charge is 0.213 e. The predicted molar refractivity (Wildman–Crippen MR) is 120 cm³/mol. The lowest BCUT2D eigenvalue weighted by Gasteiger charge is -2.22. The molecule has 0 aromatic carbocycles. The Morgan fingerprint density at radius 3 is 2.70 bits per heavy atom. The Morgan fingerprint density at radius 1 is 1.33 bits per heavy atom. The molecule has 0 atom stereocenters. The van der Waals surface area contributed by atoms with Crippen molar-refractivity contribution < 1.29 is 4.74 Å². The van der Waals surface area contributed by atoms with Gasteiger partial charge in [0.15, 0.2) is 5.96 Å². The molecule has 0 unspecified atom stereocenters. The number of hydrogen-bond donors (Lipinski definition) is 1. The summed E-state index contributed by atoms with van der Waals surface area (Å²) in [7, 11) is 5.90. The van der Waals surface area contributed by atoms with E-state index in [1.54, 1.807) is 7.05 Å². The summed E-state index contributed by atoms with van der Waals surface area (Å²) < 4.78 is 8.04. The van der Waals surface area contributed by atoms with Crippen LogP contribution >= 0.6 is 24.0 Å². The molecule has 1 saturated carbocycles. The standard InChI is InChI=1S/C20H29N5O.HI/c1-21-20(25(3)15-17-7-6-12-24(17)2)23-14-16-10-11-19(22-13-16)26-18-8-4-5-9-18;/h6-7,10-13,18H,4-5,8-9,14-15H2,1-3H3,(H,21,23);1H. The Kier molecular flexibility index (Phi) is 8.40. The number of nitrogens with zero attached hydrogens (tertiary/aromatic N) is 4. The lowest BCUT2D eigenvalue weighted by molar-refractivity contribution is 0.201. The fourth-order valence-corrected chi connectivity index (χ4v) is 3.31. The second-order valence-electron chi connectivity index (χ2n) is 6.90. The summed E-state index contributed by atoms with van der Waals surface area (Å²) in [4.78, 5) is 10.9. The first kappa shape index (κ1) is 21.5. The van der Waals surface area contributed by atoms with Crippen molar-refractivity contribution in [1.82, 2.24) is 19.8 Å². The Morgan fingerprint density at radius 2 is 2.11 bits per heavy atom. The van der Waals surface area contributed by atoms with E-state index < -0.39 is 0 Å². The number of aliphatic imine (C=N–C) groups is 1. The minimum Gasteiger partial charge on any atom is -0.474 e. The molecule has 148 valence electrons. The van der Waals surface area contributed by atoms with Crippen LogP contribution in [0.5, 0.6) is 5.88 Å². The zero-order chi connectivity index (χ0) is 18.4. The molecule has 0 aliphatic heterocycles. The highest BCUT2D eigenvalue weighted by molar-refractivity contribution is 14.0. The molecule has 0 saturated heterocycles. The highest BCUT2D eigenvalue weighted by Crippen LogP contribution is 2.22. The molecule has 6 nitrogen and oxygen atoms in total. The van der Waals surface area contributed by atoms with E-state index in [2.05, 4.69) is 56.2 Å². The fraction of sp³-hybridized carbons (Fsp3) is 0.500. The van der Waals surface area contributed by atoms with Crippen molar-refractivity contribution in [3.05, 3.63) is 47.9 Å². The monoisotopic (exact) mass is 483 g/mol. The van der Waals surface area contributed by atoms with Crippen LogP contribution in [0.15, 0.2) is 41.7 Å². The molecular weight excluding hydrogens is 453 g/mol. The van der Waals surface area contributed by atoms with Gasteiger partial charge in [-0.15, -0.1) is 24.0 Å². The second-order valence-corrected chi connectivity index (χ2v) is 6.90. The minimum atomic E-state index is 0. The van der Waals surface area contributed by atoms with Crippen molar-refractivity contribution in [1.29, 1.82) is 0 Å². The van der Waals surface area contributed by atoms with Gasteiger partial charge >= 0.3 is 0 Å². The lowest BCUT2D eigenvalue weighted by atomic mass is 10.3. The maximum atomic E-state index is 5.92. The van der Waals surface area contributed by atoms with Crippen LogP contribution in [0, 0.1) is 0 Å². The van der Waals surface area contributed by atoms with Crippen molar-refractivity contribution >= 4 is 29.9 Å². The van der Waals surface area contributed by atoms with Gasteiger partial charge in [-0.25, -0.2) is 4.98 Å². The number of aryl methyl sites for hydroxylation is 1. The normalized spacial score (nSPS) is 14.7. The van der Waals surface area contributed by atoms with Gasteiger partial charge in [-0.2, -0.15) is 0 Å². The first-order valence-corrected chi connectivity index (χ1v) is 9.29. The van der Waals surface area contributed by atoms with E-state index in [0.29, 0.717) is 12.6 Å². The molecular formula is C20H30IN5O. The molecule has 0 radical (unpaired) electrons. The maximum absolute atomic E-state index is 5.92. The van der Waals surface area contributed by atoms with Crippen LogP contribution in [0.1, 0.15) is 36.9 Å². The first-order valence-electron chi connectivity index (χ1n) is 9.29. The Balaban J connectivity index is 0.00000261. The number of halogens is 1. The van der Waals surface area contributed by atoms with Gasteiger partial charge in [-0.3, -0.25) is 4.99 Å². The largest absolute Gasteiger partial charge is 0.474 e. The van der Waals surface area contributed by atoms with Crippen LogP contribution in [0.3, 0.4) is 0 Å². The summed E-state index contributed by atoms with van der Waals surface area (Å²) in [6, 6.07) is 8.21. The maximum Gasteiger partial charge on any atom is 0.213 e. The van der Waals surface area contributed by atoms with E-state index in [0.717, 1.165) is 36.8 Å². The summed E-state index contributed by atoms with van der Waals surface area (Å²) in [5.41, 5.74) is 2.35. The van der Waals surface area contributed by atoms with E-state index in [-0.39, 0.29) is 24.0 Å². The highest BCUT2D eigenvalue weighted by Gasteiger charge is 2.16. The highest BCUT2D eigenvalue weighted by atomic mass is 127. The average molecular weight is 483 g/mol. The van der Waals surface area contributed by atoms with E-state index in [1.807, 2.05) is 19.3 Å². The van der Waals surface area contributed by atoms with E-state index in [9.17, 15) is 0 Å². The summed E-state index contributed by atoms with van der Waals surface area (Å²) in [5.74, 6) is 1.59. The molecule has 1 aliphatic rings. The summed E-state index contributed by atoms with van der Waals surface area (Å²) in [6.07, 6.45) is 9.10. The van der Waals surface area contributed by atoms with Crippen LogP contribution in [-0.2, 0) is 20.1 Å². The van der Waals surface area contributed by atoms with Gasteiger partial charge in [-0.1, -0.05) is 6.07 Å². The fourth-order valence-electron chi connectivity index (χ4n) is 3.31. The Labute approximate surface area is 179 Å². The van der Waals surface area contributed by atoms with Crippen molar-refractivity contribution in [3.8, 4) is 5.88 Å². The molecule has 27 heavy (non-hydrogen) atoms. The number of nitrogens with one attached hydrogen (secondary N) is 1. The molecule has 2 heterocycles. The number of aromatic nitrogens is 2. The van der Waals surface area contributed by atoms with Gasteiger partial charge in [-0.05, 0) is 43.4 Å². The van der Waals surface area contributed by atoms with Crippen LogP contribution in [0.4, 0.5) is 0 Å². The van der Waals surface area contributed by atoms with Gasteiger partial charge in [0.2, 0.25) is 5.88 Å². The number of rotatable bonds is 6. The van der Waals surface area contributed by atoms with Crippen molar-refractivity contribution in [2.24, 2.45) is 12.0 Å². The zero-order valence-corrected chi connectivity index (χ0v) is 18.7. The van der Waals surface area contributed by atoms with Gasteiger partial charge in [0.1, 0.15) is 6.10 Å². The van der Waals surface area contributed by atoms with E-state index in [1.165, 1.54) is 18.5 Å². The van der Waals surface area contributed by atoms with Crippen molar-refractivity contribution in [3.63, 3.8) is 0 Å². The van der Waals surface area contributed by atoms with Gasteiger partial charge in [0.05, 0.1) is 6.54 Å². The zero-order valence-electron chi connectivity index (χ0n) is 16.4. The van der Waals surface area contributed by atoms with Crippen LogP contribution in [-0.4, -0.2) is 40.6 Å². The van der Waals surface area contributed by atoms with E-state index >= 15 is 0 Å².